The smallest absolute Gasteiger partial charge is 0.274 e. The molecule has 0 aromatic heterocycles. The van der Waals surface area contributed by atoms with Gasteiger partial charge < -0.3 is 5.32 Å². The molecule has 1 aromatic rings. The zero-order valence-electron chi connectivity index (χ0n) is 13.6. The number of hydrazine groups is 1. The molecular formula is C18H22N4OS. The molecule has 0 aliphatic heterocycles. The molecule has 24 heavy (non-hydrogen) atoms. The zero-order chi connectivity index (χ0) is 16.9. The van der Waals surface area contributed by atoms with Crippen molar-refractivity contribution in [3.63, 3.8) is 0 Å². The summed E-state index contributed by atoms with van der Waals surface area (Å²) in [6, 6.07) is 9.38. The number of nitrogens with one attached hydrogen (secondary N) is 2. The summed E-state index contributed by atoms with van der Waals surface area (Å²) in [4.78, 5) is 12.8. The van der Waals surface area contributed by atoms with E-state index in [-0.39, 0.29) is 5.91 Å². The van der Waals surface area contributed by atoms with Crippen molar-refractivity contribution in [3.8, 4) is 6.07 Å². The quantitative estimate of drug-likeness (QED) is 0.650. The first-order chi connectivity index (χ1) is 11.7. The summed E-state index contributed by atoms with van der Waals surface area (Å²) < 4.78 is 0. The van der Waals surface area contributed by atoms with Crippen LogP contribution in [0.2, 0.25) is 0 Å². The van der Waals surface area contributed by atoms with E-state index >= 15 is 0 Å². The fourth-order valence-electron chi connectivity index (χ4n) is 2.91. The second-order valence-electron chi connectivity index (χ2n) is 6.52. The third-order valence-electron chi connectivity index (χ3n) is 4.49. The van der Waals surface area contributed by atoms with Gasteiger partial charge in [-0.25, -0.2) is 10.4 Å². The number of carbonyl (C=O) groups is 1. The number of nitriles is 1. The predicted molar refractivity (Wildman–Crippen MR) is 96.1 cm³/mol. The Bertz CT molecular complexity index is 642. The average Bonchev–Trinajstić information content (AvgIpc) is 3.44. The van der Waals surface area contributed by atoms with Crippen LogP contribution < -0.4 is 10.7 Å². The summed E-state index contributed by atoms with van der Waals surface area (Å²) in [5.41, 5.74) is 4.28. The number of hydrogen-bond acceptors (Lipinski definition) is 4. The lowest BCUT2D eigenvalue weighted by Crippen LogP contribution is -2.54. The van der Waals surface area contributed by atoms with Gasteiger partial charge in [0, 0.05) is 17.6 Å². The highest BCUT2D eigenvalue weighted by molar-refractivity contribution is 7.80. The molecule has 1 aromatic carbocycles. The maximum absolute atomic E-state index is 12.8. The number of amides is 1. The van der Waals surface area contributed by atoms with E-state index in [1.165, 1.54) is 24.3 Å². The number of benzene rings is 1. The molecule has 0 radical (unpaired) electrons. The maximum Gasteiger partial charge on any atom is 0.274 e. The van der Waals surface area contributed by atoms with Crippen LogP contribution in [0, 0.1) is 11.3 Å². The minimum atomic E-state index is -0.181. The molecule has 0 unspecified atom stereocenters. The Morgan fingerprint density at radius 1 is 1.08 bits per heavy atom. The Hall–Kier alpha value is -1.97. The highest BCUT2D eigenvalue weighted by Gasteiger charge is 2.30. The topological polar surface area (TPSA) is 68.2 Å². The molecule has 2 saturated carbocycles. The summed E-state index contributed by atoms with van der Waals surface area (Å²) in [7, 11) is 0. The molecule has 2 aliphatic carbocycles. The van der Waals surface area contributed by atoms with Crippen LogP contribution in [0.3, 0.4) is 0 Å². The number of nitrogens with zero attached hydrogens (tertiary/aromatic N) is 2. The van der Waals surface area contributed by atoms with Crippen LogP contribution in [0.15, 0.2) is 24.3 Å². The summed E-state index contributed by atoms with van der Waals surface area (Å²) in [5.74, 6) is -0.181. The van der Waals surface area contributed by atoms with Crippen molar-refractivity contribution in [2.45, 2.75) is 57.0 Å². The van der Waals surface area contributed by atoms with Gasteiger partial charge in [0.25, 0.3) is 5.91 Å². The number of thiocarbonyl (C=S) groups is 1. The van der Waals surface area contributed by atoms with Crippen LogP contribution in [-0.2, 0) is 0 Å². The second-order valence-corrected chi connectivity index (χ2v) is 6.90. The van der Waals surface area contributed by atoms with Crippen LogP contribution in [0.5, 0.6) is 0 Å². The lowest BCUT2D eigenvalue weighted by atomic mass is 9.96. The Labute approximate surface area is 148 Å². The van der Waals surface area contributed by atoms with Gasteiger partial charge >= 0.3 is 0 Å². The van der Waals surface area contributed by atoms with E-state index in [1.54, 1.807) is 24.3 Å². The second kappa shape index (κ2) is 7.73. The molecule has 6 heteroatoms. The zero-order valence-corrected chi connectivity index (χ0v) is 14.4. The number of hydrogen-bond donors (Lipinski definition) is 2. The first kappa shape index (κ1) is 16.9. The van der Waals surface area contributed by atoms with Crippen molar-refractivity contribution in [2.75, 3.05) is 0 Å². The minimum Gasteiger partial charge on any atom is -0.358 e. The van der Waals surface area contributed by atoms with Gasteiger partial charge in [0.2, 0.25) is 0 Å². The van der Waals surface area contributed by atoms with E-state index in [4.69, 9.17) is 17.5 Å². The van der Waals surface area contributed by atoms with E-state index in [1.807, 2.05) is 0 Å². The van der Waals surface area contributed by atoms with Crippen LogP contribution in [0.1, 0.15) is 60.9 Å². The number of carbonyl (C=O) groups excluding carboxylic acids is 1. The molecule has 0 atom stereocenters. The van der Waals surface area contributed by atoms with Gasteiger partial charge in [-0.2, -0.15) is 5.26 Å². The fourth-order valence-corrected chi connectivity index (χ4v) is 3.21. The minimum absolute atomic E-state index is 0.181. The molecule has 0 bridgehead atoms. The predicted octanol–water partition coefficient (Wildman–Crippen LogP) is 2.87. The molecule has 2 fully saturated rings. The summed E-state index contributed by atoms with van der Waals surface area (Å²) in [6.07, 6.45) is 8.01. The first-order valence-electron chi connectivity index (χ1n) is 8.58. The molecule has 0 spiro atoms. The first-order valence-corrected chi connectivity index (χ1v) is 8.99. The van der Waals surface area contributed by atoms with Gasteiger partial charge in [-0.15, -0.1) is 0 Å². The molecule has 2 N–H and O–H groups in total. The summed E-state index contributed by atoms with van der Waals surface area (Å²) in [5, 5.41) is 14.2. The van der Waals surface area contributed by atoms with Crippen molar-refractivity contribution in [1.82, 2.24) is 15.8 Å². The van der Waals surface area contributed by atoms with Crippen molar-refractivity contribution in [2.24, 2.45) is 0 Å². The molecule has 5 nitrogen and oxygen atoms in total. The Balaban J connectivity index is 1.70. The van der Waals surface area contributed by atoms with Crippen LogP contribution in [0.4, 0.5) is 0 Å². The standard InChI is InChI=1S/C18H22N4OS/c19-12-13-6-8-14(9-7-13)17(23)22(21-16-10-11-16)18(24)20-15-4-2-1-3-5-15/h6-9,15-16,21H,1-5,10-11H2,(H,20,24). The van der Waals surface area contributed by atoms with Gasteiger partial charge in [-0.1, -0.05) is 19.3 Å². The third-order valence-corrected chi connectivity index (χ3v) is 4.79. The lowest BCUT2D eigenvalue weighted by Gasteiger charge is -2.30. The van der Waals surface area contributed by atoms with Gasteiger partial charge in [0.05, 0.1) is 11.6 Å². The highest BCUT2D eigenvalue weighted by Crippen LogP contribution is 2.21. The van der Waals surface area contributed by atoms with Crippen LogP contribution in [-0.4, -0.2) is 28.1 Å². The van der Waals surface area contributed by atoms with E-state index in [2.05, 4.69) is 16.8 Å². The van der Waals surface area contributed by atoms with Crippen molar-refractivity contribution >= 4 is 23.2 Å². The van der Waals surface area contributed by atoms with Gasteiger partial charge in [0.1, 0.15) is 0 Å². The highest BCUT2D eigenvalue weighted by atomic mass is 32.1. The average molecular weight is 342 g/mol. The molecule has 0 saturated heterocycles. The Morgan fingerprint density at radius 2 is 1.75 bits per heavy atom. The van der Waals surface area contributed by atoms with E-state index in [0.717, 1.165) is 25.7 Å². The van der Waals surface area contributed by atoms with Crippen LogP contribution in [0.25, 0.3) is 0 Å². The fraction of sp³-hybridized carbons (Fsp3) is 0.500. The van der Waals surface area contributed by atoms with Crippen molar-refractivity contribution in [3.05, 3.63) is 35.4 Å². The molecule has 3 rings (SSSR count). The van der Waals surface area contributed by atoms with Crippen LogP contribution >= 0.6 is 12.2 Å². The van der Waals surface area contributed by atoms with Crippen molar-refractivity contribution < 1.29 is 4.79 Å². The largest absolute Gasteiger partial charge is 0.358 e. The molecular weight excluding hydrogens is 320 g/mol. The summed E-state index contributed by atoms with van der Waals surface area (Å²) >= 11 is 5.51. The van der Waals surface area contributed by atoms with Crippen molar-refractivity contribution in [1.29, 1.82) is 5.26 Å². The van der Waals surface area contributed by atoms with Gasteiger partial charge in [-0.3, -0.25) is 4.79 Å². The maximum atomic E-state index is 12.8. The molecule has 1 amide bonds. The van der Waals surface area contributed by atoms with Gasteiger partial charge in [-0.05, 0) is 62.2 Å². The van der Waals surface area contributed by atoms with E-state index in [9.17, 15) is 4.79 Å². The molecule has 126 valence electrons. The normalized spacial score (nSPS) is 17.8. The number of rotatable bonds is 4. The van der Waals surface area contributed by atoms with E-state index in [0.29, 0.717) is 28.3 Å². The van der Waals surface area contributed by atoms with Gasteiger partial charge in [0.15, 0.2) is 5.11 Å². The Kier molecular flexibility index (Phi) is 5.44. The molecule has 2 aliphatic rings. The summed E-state index contributed by atoms with van der Waals surface area (Å²) in [6.45, 7) is 0. The monoisotopic (exact) mass is 342 g/mol. The lowest BCUT2D eigenvalue weighted by molar-refractivity contribution is 0.0784. The molecule has 0 heterocycles. The van der Waals surface area contributed by atoms with E-state index < -0.39 is 0 Å². The third kappa shape index (κ3) is 4.31. The SMILES string of the molecule is N#Cc1ccc(C(=O)N(NC2CC2)C(=S)NC2CCCCC2)cc1. The Morgan fingerprint density at radius 3 is 2.33 bits per heavy atom.